The van der Waals surface area contributed by atoms with Gasteiger partial charge in [0.1, 0.15) is 0 Å². The fraction of sp³-hybridized carbons (Fsp3) is 0.875. The Balaban J connectivity index is 2.24. The fourth-order valence-electron chi connectivity index (χ4n) is 1.32. The molecule has 0 aromatic heterocycles. The number of ether oxygens (including phenoxy) is 1. The highest BCUT2D eigenvalue weighted by molar-refractivity contribution is 14.1. The van der Waals surface area contributed by atoms with Gasteiger partial charge in [-0.3, -0.25) is 4.79 Å². The summed E-state index contributed by atoms with van der Waals surface area (Å²) >= 11 is 2.34. The van der Waals surface area contributed by atoms with Gasteiger partial charge in [-0.2, -0.15) is 0 Å². The molecule has 64 valence electrons. The zero-order chi connectivity index (χ0) is 8.10. The molecule has 0 radical (unpaired) electrons. The largest absolute Gasteiger partial charge is 0.465 e. The van der Waals surface area contributed by atoms with Gasteiger partial charge in [-0.15, -0.1) is 0 Å². The first kappa shape index (κ1) is 9.29. The maximum absolute atomic E-state index is 11.1. The van der Waals surface area contributed by atoms with E-state index in [1.165, 1.54) is 0 Å². The fourth-order valence-corrected chi connectivity index (χ4v) is 1.76. The van der Waals surface area contributed by atoms with E-state index in [1.807, 2.05) is 0 Å². The van der Waals surface area contributed by atoms with Gasteiger partial charge in [-0.05, 0) is 30.1 Å². The van der Waals surface area contributed by atoms with E-state index in [0.29, 0.717) is 6.61 Å². The van der Waals surface area contributed by atoms with E-state index in [-0.39, 0.29) is 11.9 Å². The third-order valence-corrected chi connectivity index (χ3v) is 2.72. The standard InChI is InChI=1S/C8H13IO2/c9-5-1-3-7-4-2-6-11-8(7)10/h7H,1-6H2. The van der Waals surface area contributed by atoms with Crippen LogP contribution in [0.25, 0.3) is 0 Å². The molecule has 2 nitrogen and oxygen atoms in total. The summed E-state index contributed by atoms with van der Waals surface area (Å²) < 4.78 is 6.09. The zero-order valence-electron chi connectivity index (χ0n) is 6.51. The first-order valence-electron chi connectivity index (χ1n) is 4.07. The molecular weight excluding hydrogens is 255 g/mol. The van der Waals surface area contributed by atoms with Gasteiger partial charge in [0.15, 0.2) is 0 Å². The molecule has 3 heteroatoms. The van der Waals surface area contributed by atoms with Crippen LogP contribution < -0.4 is 0 Å². The Labute approximate surface area is 80.8 Å². The molecule has 0 spiro atoms. The molecule has 1 aliphatic rings. The predicted molar refractivity (Wildman–Crippen MR) is 51.8 cm³/mol. The van der Waals surface area contributed by atoms with E-state index in [9.17, 15) is 4.79 Å². The van der Waals surface area contributed by atoms with Gasteiger partial charge in [0, 0.05) is 0 Å². The number of hydrogen-bond donors (Lipinski definition) is 0. The van der Waals surface area contributed by atoms with Crippen molar-refractivity contribution in [1.82, 2.24) is 0 Å². The molecule has 0 aliphatic carbocycles. The number of halogens is 1. The molecule has 1 atom stereocenters. The molecule has 0 saturated carbocycles. The molecule has 0 aromatic carbocycles. The van der Waals surface area contributed by atoms with Crippen molar-refractivity contribution < 1.29 is 9.53 Å². The van der Waals surface area contributed by atoms with Gasteiger partial charge in [-0.25, -0.2) is 0 Å². The average Bonchev–Trinajstić information content (AvgIpc) is 2.03. The minimum Gasteiger partial charge on any atom is -0.465 e. The number of carbonyl (C=O) groups excluding carboxylic acids is 1. The second-order valence-electron chi connectivity index (χ2n) is 2.84. The van der Waals surface area contributed by atoms with Gasteiger partial charge >= 0.3 is 5.97 Å². The SMILES string of the molecule is O=C1OCCCC1CCCI. The van der Waals surface area contributed by atoms with Crippen LogP contribution in [0.15, 0.2) is 0 Å². The summed E-state index contributed by atoms with van der Waals surface area (Å²) in [7, 11) is 0. The smallest absolute Gasteiger partial charge is 0.308 e. The van der Waals surface area contributed by atoms with Crippen molar-refractivity contribution in [1.29, 1.82) is 0 Å². The van der Waals surface area contributed by atoms with Crippen LogP contribution >= 0.6 is 22.6 Å². The molecule has 1 heterocycles. The second-order valence-corrected chi connectivity index (χ2v) is 3.92. The number of hydrogen-bond acceptors (Lipinski definition) is 2. The Kier molecular flexibility index (Phi) is 4.18. The molecule has 1 fully saturated rings. The summed E-state index contributed by atoms with van der Waals surface area (Å²) in [6, 6.07) is 0. The van der Waals surface area contributed by atoms with Gasteiger partial charge < -0.3 is 4.74 Å². The van der Waals surface area contributed by atoms with Gasteiger partial charge in [0.05, 0.1) is 12.5 Å². The summed E-state index contributed by atoms with van der Waals surface area (Å²) in [5, 5.41) is 0. The van der Waals surface area contributed by atoms with Crippen molar-refractivity contribution >= 4 is 28.6 Å². The monoisotopic (exact) mass is 268 g/mol. The lowest BCUT2D eigenvalue weighted by Gasteiger charge is -2.20. The lowest BCUT2D eigenvalue weighted by Crippen LogP contribution is -2.23. The van der Waals surface area contributed by atoms with Crippen LogP contribution in [0.3, 0.4) is 0 Å². The van der Waals surface area contributed by atoms with Crippen LogP contribution in [0, 0.1) is 5.92 Å². The molecule has 1 saturated heterocycles. The minimum absolute atomic E-state index is 0.0288. The van der Waals surface area contributed by atoms with Crippen molar-refractivity contribution in [3.05, 3.63) is 0 Å². The molecule has 0 aromatic rings. The van der Waals surface area contributed by atoms with E-state index < -0.39 is 0 Å². The van der Waals surface area contributed by atoms with Crippen molar-refractivity contribution in [2.75, 3.05) is 11.0 Å². The summed E-state index contributed by atoms with van der Waals surface area (Å²) in [4.78, 5) is 11.1. The van der Waals surface area contributed by atoms with E-state index in [4.69, 9.17) is 4.74 Å². The molecule has 0 amide bonds. The molecule has 0 N–H and O–H groups in total. The van der Waals surface area contributed by atoms with Crippen LogP contribution in [-0.4, -0.2) is 17.0 Å². The Morgan fingerprint density at radius 2 is 2.45 bits per heavy atom. The third-order valence-electron chi connectivity index (χ3n) is 1.96. The zero-order valence-corrected chi connectivity index (χ0v) is 8.67. The molecule has 0 bridgehead atoms. The molecule has 1 aliphatic heterocycles. The second kappa shape index (κ2) is 4.95. The maximum Gasteiger partial charge on any atom is 0.308 e. The van der Waals surface area contributed by atoms with E-state index in [0.717, 1.165) is 30.1 Å². The highest BCUT2D eigenvalue weighted by atomic mass is 127. The summed E-state index contributed by atoms with van der Waals surface area (Å²) in [6.07, 6.45) is 4.25. The number of carbonyl (C=O) groups is 1. The molecule has 1 rings (SSSR count). The van der Waals surface area contributed by atoms with Crippen molar-refractivity contribution in [3.8, 4) is 0 Å². The number of esters is 1. The summed E-state index contributed by atoms with van der Waals surface area (Å²) in [6.45, 7) is 0.638. The van der Waals surface area contributed by atoms with Gasteiger partial charge in [-0.1, -0.05) is 22.6 Å². The van der Waals surface area contributed by atoms with Crippen LogP contribution in [-0.2, 0) is 9.53 Å². The van der Waals surface area contributed by atoms with E-state index >= 15 is 0 Å². The Hall–Kier alpha value is 0.200. The van der Waals surface area contributed by atoms with Crippen LogP contribution in [0.5, 0.6) is 0 Å². The van der Waals surface area contributed by atoms with Crippen molar-refractivity contribution in [2.24, 2.45) is 5.92 Å². The lowest BCUT2D eigenvalue weighted by atomic mass is 9.97. The Morgan fingerprint density at radius 1 is 1.64 bits per heavy atom. The number of rotatable bonds is 3. The van der Waals surface area contributed by atoms with Crippen LogP contribution in [0.4, 0.5) is 0 Å². The van der Waals surface area contributed by atoms with Crippen LogP contribution in [0.2, 0.25) is 0 Å². The topological polar surface area (TPSA) is 26.3 Å². The lowest BCUT2D eigenvalue weighted by molar-refractivity contribution is -0.153. The van der Waals surface area contributed by atoms with Crippen LogP contribution in [0.1, 0.15) is 25.7 Å². The molecule has 1 unspecified atom stereocenters. The third kappa shape index (κ3) is 2.97. The van der Waals surface area contributed by atoms with Crippen molar-refractivity contribution in [3.63, 3.8) is 0 Å². The molecule has 11 heavy (non-hydrogen) atoms. The average molecular weight is 268 g/mol. The first-order valence-corrected chi connectivity index (χ1v) is 5.59. The Bertz CT molecular complexity index is 136. The maximum atomic E-state index is 11.1. The Morgan fingerprint density at radius 3 is 3.09 bits per heavy atom. The highest BCUT2D eigenvalue weighted by Gasteiger charge is 2.22. The number of cyclic esters (lactones) is 1. The quantitative estimate of drug-likeness (QED) is 0.445. The number of alkyl halides is 1. The first-order chi connectivity index (χ1) is 5.34. The normalized spacial score (nSPS) is 24.8. The van der Waals surface area contributed by atoms with Gasteiger partial charge in [0.2, 0.25) is 0 Å². The summed E-state index contributed by atoms with van der Waals surface area (Å²) in [5.41, 5.74) is 0. The predicted octanol–water partition coefficient (Wildman–Crippen LogP) is 2.15. The van der Waals surface area contributed by atoms with E-state index in [2.05, 4.69) is 22.6 Å². The minimum atomic E-state index is 0.0288. The van der Waals surface area contributed by atoms with E-state index in [1.54, 1.807) is 0 Å². The molecular formula is C8H13IO2. The summed E-state index contributed by atoms with van der Waals surface area (Å²) in [5.74, 6) is 0.236. The highest BCUT2D eigenvalue weighted by Crippen LogP contribution is 2.20. The van der Waals surface area contributed by atoms with Crippen molar-refractivity contribution in [2.45, 2.75) is 25.7 Å². The van der Waals surface area contributed by atoms with Gasteiger partial charge in [0.25, 0.3) is 0 Å².